The van der Waals surface area contributed by atoms with E-state index in [0.29, 0.717) is 17.3 Å². The van der Waals surface area contributed by atoms with E-state index in [1.54, 1.807) is 12.1 Å². The average molecular weight is 291 g/mol. The molecule has 0 radical (unpaired) electrons. The van der Waals surface area contributed by atoms with Gasteiger partial charge in [0.25, 0.3) is 5.69 Å². The molecule has 4 nitrogen and oxygen atoms in total. The Hall–Kier alpha value is -2.07. The van der Waals surface area contributed by atoms with Gasteiger partial charge in [0.1, 0.15) is 5.69 Å². The molecule has 1 N–H and O–H groups in total. The largest absolute Gasteiger partial charge is 0.379 e. The SMILES string of the molecule is O=[N+]([O-])c1cc(Cl)ccc1NCCCc1ccccc1. The zero-order valence-corrected chi connectivity index (χ0v) is 11.6. The van der Waals surface area contributed by atoms with Gasteiger partial charge in [-0.25, -0.2) is 0 Å². The minimum absolute atomic E-state index is 0.0113. The molecule has 0 saturated heterocycles. The summed E-state index contributed by atoms with van der Waals surface area (Å²) in [5, 5.41) is 14.4. The summed E-state index contributed by atoms with van der Waals surface area (Å²) >= 11 is 5.77. The number of halogens is 1. The molecule has 2 aromatic carbocycles. The van der Waals surface area contributed by atoms with Crippen molar-refractivity contribution in [3.63, 3.8) is 0 Å². The summed E-state index contributed by atoms with van der Waals surface area (Å²) in [7, 11) is 0. The quantitative estimate of drug-likeness (QED) is 0.490. The van der Waals surface area contributed by atoms with Gasteiger partial charge in [-0.15, -0.1) is 0 Å². The van der Waals surface area contributed by atoms with Crippen LogP contribution in [0.5, 0.6) is 0 Å². The van der Waals surface area contributed by atoms with Gasteiger partial charge in [0, 0.05) is 17.6 Å². The number of hydrogen-bond acceptors (Lipinski definition) is 3. The van der Waals surface area contributed by atoms with Crippen molar-refractivity contribution in [3.05, 3.63) is 69.2 Å². The highest BCUT2D eigenvalue weighted by molar-refractivity contribution is 6.30. The summed E-state index contributed by atoms with van der Waals surface area (Å²) in [5.41, 5.74) is 1.78. The topological polar surface area (TPSA) is 55.2 Å². The third kappa shape index (κ3) is 3.96. The zero-order chi connectivity index (χ0) is 14.4. The van der Waals surface area contributed by atoms with E-state index < -0.39 is 4.92 Å². The highest BCUT2D eigenvalue weighted by Crippen LogP contribution is 2.27. The van der Waals surface area contributed by atoms with Gasteiger partial charge in [-0.3, -0.25) is 10.1 Å². The zero-order valence-electron chi connectivity index (χ0n) is 10.9. The van der Waals surface area contributed by atoms with Crippen LogP contribution >= 0.6 is 11.6 Å². The number of benzene rings is 2. The fourth-order valence-corrected chi connectivity index (χ4v) is 2.13. The number of anilines is 1. The Kier molecular flexibility index (Phi) is 4.96. The first-order valence-electron chi connectivity index (χ1n) is 6.38. The molecule has 2 aromatic rings. The van der Waals surface area contributed by atoms with E-state index in [-0.39, 0.29) is 5.69 Å². The van der Waals surface area contributed by atoms with E-state index in [1.807, 2.05) is 18.2 Å². The summed E-state index contributed by atoms with van der Waals surface area (Å²) in [5.74, 6) is 0. The maximum absolute atomic E-state index is 10.9. The molecule has 104 valence electrons. The Morgan fingerprint density at radius 1 is 1.15 bits per heavy atom. The number of nitro groups is 1. The summed E-state index contributed by atoms with van der Waals surface area (Å²) in [6, 6.07) is 14.8. The predicted molar refractivity (Wildman–Crippen MR) is 81.4 cm³/mol. The summed E-state index contributed by atoms with van der Waals surface area (Å²) in [4.78, 5) is 10.5. The third-order valence-electron chi connectivity index (χ3n) is 2.96. The average Bonchev–Trinajstić information content (AvgIpc) is 2.45. The van der Waals surface area contributed by atoms with Crippen molar-refractivity contribution in [3.8, 4) is 0 Å². The van der Waals surface area contributed by atoms with Crippen LogP contribution in [0.15, 0.2) is 48.5 Å². The van der Waals surface area contributed by atoms with E-state index in [2.05, 4.69) is 17.4 Å². The molecule has 0 atom stereocenters. The van der Waals surface area contributed by atoms with E-state index in [0.717, 1.165) is 12.8 Å². The van der Waals surface area contributed by atoms with Crippen LogP contribution in [0.25, 0.3) is 0 Å². The Morgan fingerprint density at radius 2 is 1.90 bits per heavy atom. The summed E-state index contributed by atoms with van der Waals surface area (Å²) < 4.78 is 0. The van der Waals surface area contributed by atoms with Gasteiger partial charge >= 0.3 is 0 Å². The minimum Gasteiger partial charge on any atom is -0.379 e. The van der Waals surface area contributed by atoms with Crippen LogP contribution < -0.4 is 5.32 Å². The molecule has 0 bridgehead atoms. The third-order valence-corrected chi connectivity index (χ3v) is 3.19. The number of nitrogens with zero attached hydrogens (tertiary/aromatic N) is 1. The van der Waals surface area contributed by atoms with Crippen molar-refractivity contribution in [2.45, 2.75) is 12.8 Å². The molecule has 20 heavy (non-hydrogen) atoms. The number of nitrogens with one attached hydrogen (secondary N) is 1. The Balaban J connectivity index is 1.90. The fraction of sp³-hybridized carbons (Fsp3) is 0.200. The molecule has 0 saturated carbocycles. The van der Waals surface area contributed by atoms with Crippen LogP contribution in [-0.4, -0.2) is 11.5 Å². The molecule has 0 unspecified atom stereocenters. The van der Waals surface area contributed by atoms with Gasteiger partial charge in [-0.05, 0) is 30.5 Å². The van der Waals surface area contributed by atoms with Crippen LogP contribution in [0.2, 0.25) is 5.02 Å². The highest BCUT2D eigenvalue weighted by atomic mass is 35.5. The van der Waals surface area contributed by atoms with Gasteiger partial charge < -0.3 is 5.32 Å². The van der Waals surface area contributed by atoms with Gasteiger partial charge in [0.15, 0.2) is 0 Å². The Bertz CT molecular complexity index is 588. The number of hydrogen-bond donors (Lipinski definition) is 1. The van der Waals surface area contributed by atoms with E-state index >= 15 is 0 Å². The van der Waals surface area contributed by atoms with E-state index in [4.69, 9.17) is 11.6 Å². The van der Waals surface area contributed by atoms with E-state index in [9.17, 15) is 10.1 Å². The van der Waals surface area contributed by atoms with Crippen LogP contribution in [0.3, 0.4) is 0 Å². The van der Waals surface area contributed by atoms with Crippen molar-refractivity contribution in [2.75, 3.05) is 11.9 Å². The molecule has 0 aliphatic rings. The first-order valence-corrected chi connectivity index (χ1v) is 6.76. The standard InChI is InChI=1S/C15H15ClN2O2/c16-13-8-9-14(15(11-13)18(19)20)17-10-4-7-12-5-2-1-3-6-12/h1-3,5-6,8-9,11,17H,4,7,10H2. The molecule has 2 rings (SSSR count). The number of aryl methyl sites for hydroxylation is 1. The fourth-order valence-electron chi connectivity index (χ4n) is 1.97. The number of rotatable bonds is 6. The maximum Gasteiger partial charge on any atom is 0.293 e. The molecular formula is C15H15ClN2O2. The minimum atomic E-state index is -0.425. The van der Waals surface area contributed by atoms with Crippen LogP contribution in [0.1, 0.15) is 12.0 Å². The van der Waals surface area contributed by atoms with Crippen LogP contribution in [0, 0.1) is 10.1 Å². The smallest absolute Gasteiger partial charge is 0.293 e. The van der Waals surface area contributed by atoms with Crippen molar-refractivity contribution in [1.29, 1.82) is 0 Å². The lowest BCUT2D eigenvalue weighted by Crippen LogP contribution is -2.05. The molecular weight excluding hydrogens is 276 g/mol. The Labute approximate surface area is 122 Å². The number of nitro benzene ring substituents is 1. The van der Waals surface area contributed by atoms with Crippen molar-refractivity contribution >= 4 is 23.0 Å². The first-order chi connectivity index (χ1) is 9.66. The lowest BCUT2D eigenvalue weighted by molar-refractivity contribution is -0.383. The second-order valence-electron chi connectivity index (χ2n) is 4.43. The maximum atomic E-state index is 10.9. The monoisotopic (exact) mass is 290 g/mol. The molecule has 0 spiro atoms. The van der Waals surface area contributed by atoms with Gasteiger partial charge in [0.05, 0.1) is 4.92 Å². The molecule has 0 aliphatic heterocycles. The predicted octanol–water partition coefficient (Wildman–Crippen LogP) is 4.29. The molecule has 5 heteroatoms. The highest BCUT2D eigenvalue weighted by Gasteiger charge is 2.13. The van der Waals surface area contributed by atoms with Gasteiger partial charge in [-0.2, -0.15) is 0 Å². The summed E-state index contributed by atoms with van der Waals surface area (Å²) in [6.07, 6.45) is 1.85. The molecule has 0 aliphatic carbocycles. The molecule has 0 fully saturated rings. The second kappa shape index (κ2) is 6.91. The second-order valence-corrected chi connectivity index (χ2v) is 4.87. The van der Waals surface area contributed by atoms with Crippen LogP contribution in [-0.2, 0) is 6.42 Å². The van der Waals surface area contributed by atoms with Crippen LogP contribution in [0.4, 0.5) is 11.4 Å². The van der Waals surface area contributed by atoms with E-state index in [1.165, 1.54) is 11.6 Å². The van der Waals surface area contributed by atoms with Crippen molar-refractivity contribution in [1.82, 2.24) is 0 Å². The first kappa shape index (κ1) is 14.3. The lowest BCUT2D eigenvalue weighted by Gasteiger charge is -2.07. The van der Waals surface area contributed by atoms with Gasteiger partial charge in [0.2, 0.25) is 0 Å². The van der Waals surface area contributed by atoms with Crippen molar-refractivity contribution < 1.29 is 4.92 Å². The lowest BCUT2D eigenvalue weighted by atomic mass is 10.1. The molecule has 0 aromatic heterocycles. The summed E-state index contributed by atoms with van der Waals surface area (Å²) in [6.45, 7) is 0.678. The molecule has 0 heterocycles. The van der Waals surface area contributed by atoms with Gasteiger partial charge in [-0.1, -0.05) is 41.9 Å². The van der Waals surface area contributed by atoms with Crippen molar-refractivity contribution in [2.24, 2.45) is 0 Å². The normalized spacial score (nSPS) is 10.2. The molecule has 0 amide bonds. The Morgan fingerprint density at radius 3 is 2.60 bits per heavy atom.